The van der Waals surface area contributed by atoms with Crippen LogP contribution in [0.3, 0.4) is 0 Å². The summed E-state index contributed by atoms with van der Waals surface area (Å²) in [5, 5.41) is 3.33. The minimum absolute atomic E-state index is 0.491. The molecule has 0 unspecified atom stereocenters. The summed E-state index contributed by atoms with van der Waals surface area (Å²) in [7, 11) is 0. The molecular weight excluding hydrogens is 174 g/mol. The van der Waals surface area contributed by atoms with Crippen LogP contribution in [-0.4, -0.2) is 18.9 Å². The first kappa shape index (κ1) is 11.7. The number of nitrogens with one attached hydrogen (secondary N) is 1. The van der Waals surface area contributed by atoms with E-state index in [4.69, 9.17) is 0 Å². The molecule has 0 saturated carbocycles. The molecule has 0 spiro atoms. The first-order valence-electron chi connectivity index (χ1n) is 6.05. The second-order valence-electron chi connectivity index (χ2n) is 4.39. The van der Waals surface area contributed by atoms with Crippen LogP contribution in [0, 0.1) is 5.92 Å². The fraction of sp³-hybridized carbons (Fsp3) is 0.917. The van der Waals surface area contributed by atoms with Crippen LogP contribution >= 0.6 is 0 Å². The summed E-state index contributed by atoms with van der Waals surface area (Å²) in [6.45, 7) is 4.39. The second kappa shape index (κ2) is 6.99. The number of hydrogen-bond acceptors (Lipinski definition) is 2. The molecule has 0 aliphatic carbocycles. The van der Waals surface area contributed by atoms with Gasteiger partial charge in [0, 0.05) is 12.8 Å². The third-order valence-electron chi connectivity index (χ3n) is 3.03. The monoisotopic (exact) mass is 197 g/mol. The minimum Gasteiger partial charge on any atom is -0.317 e. The number of rotatable bonds is 6. The Morgan fingerprint density at radius 1 is 1.29 bits per heavy atom. The molecule has 0 bridgehead atoms. The zero-order valence-corrected chi connectivity index (χ0v) is 9.35. The summed E-state index contributed by atoms with van der Waals surface area (Å²) in [6.07, 6.45) is 7.56. The van der Waals surface area contributed by atoms with Crippen LogP contribution in [0.4, 0.5) is 0 Å². The molecule has 1 saturated heterocycles. The highest BCUT2D eigenvalue weighted by molar-refractivity contribution is 5.78. The number of piperidine rings is 1. The van der Waals surface area contributed by atoms with Gasteiger partial charge in [-0.05, 0) is 38.3 Å². The van der Waals surface area contributed by atoms with Gasteiger partial charge in [-0.15, -0.1) is 0 Å². The Balaban J connectivity index is 2.06. The van der Waals surface area contributed by atoms with E-state index in [-0.39, 0.29) is 0 Å². The molecule has 1 fully saturated rings. The highest BCUT2D eigenvalue weighted by Gasteiger charge is 2.15. The van der Waals surface area contributed by atoms with Gasteiger partial charge in [0.2, 0.25) is 0 Å². The average Bonchev–Trinajstić information content (AvgIpc) is 2.20. The van der Waals surface area contributed by atoms with Gasteiger partial charge in [-0.25, -0.2) is 0 Å². The van der Waals surface area contributed by atoms with Crippen molar-refractivity contribution >= 4 is 5.78 Å². The molecule has 0 aromatic heterocycles. The fourth-order valence-corrected chi connectivity index (χ4v) is 2.08. The molecule has 1 aliphatic heterocycles. The molecule has 14 heavy (non-hydrogen) atoms. The summed E-state index contributed by atoms with van der Waals surface area (Å²) in [6, 6.07) is 0. The standard InChI is InChI=1S/C12H23NO/c1-2-3-4-5-12(14)10-11-6-8-13-9-7-11/h11,13H,2-10H2,1H3. The zero-order valence-electron chi connectivity index (χ0n) is 9.35. The first-order valence-corrected chi connectivity index (χ1v) is 6.05. The van der Waals surface area contributed by atoms with Gasteiger partial charge in [0.15, 0.2) is 0 Å². The number of carbonyl (C=O) groups excluding carboxylic acids is 1. The molecule has 0 aromatic rings. The lowest BCUT2D eigenvalue weighted by atomic mass is 9.91. The third-order valence-corrected chi connectivity index (χ3v) is 3.03. The summed E-state index contributed by atoms with van der Waals surface area (Å²) >= 11 is 0. The smallest absolute Gasteiger partial charge is 0.133 e. The molecule has 0 radical (unpaired) electrons. The first-order chi connectivity index (χ1) is 6.83. The Morgan fingerprint density at radius 3 is 2.64 bits per heavy atom. The van der Waals surface area contributed by atoms with Crippen LogP contribution in [0.2, 0.25) is 0 Å². The number of Topliss-reactive ketones (excluding diaryl/α,β-unsaturated/α-hetero) is 1. The normalized spacial score (nSPS) is 18.4. The summed E-state index contributed by atoms with van der Waals surface area (Å²) in [4.78, 5) is 11.6. The van der Waals surface area contributed by atoms with E-state index < -0.39 is 0 Å². The van der Waals surface area contributed by atoms with Crippen molar-refractivity contribution in [2.75, 3.05) is 13.1 Å². The van der Waals surface area contributed by atoms with Crippen molar-refractivity contribution in [2.24, 2.45) is 5.92 Å². The largest absolute Gasteiger partial charge is 0.317 e. The van der Waals surface area contributed by atoms with E-state index in [1.807, 2.05) is 0 Å². The predicted molar refractivity (Wildman–Crippen MR) is 59.4 cm³/mol. The predicted octanol–water partition coefficient (Wildman–Crippen LogP) is 2.53. The molecule has 0 atom stereocenters. The van der Waals surface area contributed by atoms with Crippen molar-refractivity contribution in [3.05, 3.63) is 0 Å². The molecule has 1 rings (SSSR count). The van der Waals surface area contributed by atoms with E-state index in [0.29, 0.717) is 11.7 Å². The van der Waals surface area contributed by atoms with E-state index in [1.54, 1.807) is 0 Å². The molecule has 0 amide bonds. The number of hydrogen-bond donors (Lipinski definition) is 1. The van der Waals surface area contributed by atoms with Gasteiger partial charge in [-0.3, -0.25) is 4.79 Å². The Kier molecular flexibility index (Phi) is 5.85. The topological polar surface area (TPSA) is 29.1 Å². The van der Waals surface area contributed by atoms with Crippen molar-refractivity contribution < 1.29 is 4.79 Å². The van der Waals surface area contributed by atoms with Crippen LogP contribution in [0.1, 0.15) is 51.9 Å². The number of unbranched alkanes of at least 4 members (excludes halogenated alkanes) is 2. The summed E-state index contributed by atoms with van der Waals surface area (Å²) in [5.41, 5.74) is 0. The SMILES string of the molecule is CCCCCC(=O)CC1CCNCC1. The van der Waals surface area contributed by atoms with Gasteiger partial charge >= 0.3 is 0 Å². The van der Waals surface area contributed by atoms with Gasteiger partial charge < -0.3 is 5.32 Å². The van der Waals surface area contributed by atoms with E-state index >= 15 is 0 Å². The molecular formula is C12H23NO. The summed E-state index contributed by atoms with van der Waals surface area (Å²) in [5.74, 6) is 1.16. The van der Waals surface area contributed by atoms with Crippen LogP contribution in [0.15, 0.2) is 0 Å². The van der Waals surface area contributed by atoms with Gasteiger partial charge in [0.05, 0.1) is 0 Å². The van der Waals surface area contributed by atoms with Crippen LogP contribution in [0.25, 0.3) is 0 Å². The molecule has 0 aromatic carbocycles. The molecule has 1 aliphatic rings. The maximum atomic E-state index is 11.6. The maximum absolute atomic E-state index is 11.6. The average molecular weight is 197 g/mol. The Morgan fingerprint density at radius 2 is 2.00 bits per heavy atom. The summed E-state index contributed by atoms with van der Waals surface area (Å²) < 4.78 is 0. The Bertz CT molecular complexity index is 162. The van der Waals surface area contributed by atoms with E-state index in [1.165, 1.54) is 25.7 Å². The molecule has 82 valence electrons. The lowest BCUT2D eigenvalue weighted by Gasteiger charge is -2.21. The van der Waals surface area contributed by atoms with Gasteiger partial charge in [-0.1, -0.05) is 19.8 Å². The van der Waals surface area contributed by atoms with Crippen molar-refractivity contribution in [2.45, 2.75) is 51.9 Å². The second-order valence-corrected chi connectivity index (χ2v) is 4.39. The minimum atomic E-state index is 0.491. The van der Waals surface area contributed by atoms with Gasteiger partial charge in [0.1, 0.15) is 5.78 Å². The van der Waals surface area contributed by atoms with Crippen molar-refractivity contribution in [3.63, 3.8) is 0 Å². The number of ketones is 1. The van der Waals surface area contributed by atoms with E-state index in [2.05, 4.69) is 12.2 Å². The molecule has 1 N–H and O–H groups in total. The van der Waals surface area contributed by atoms with Crippen molar-refractivity contribution in [1.82, 2.24) is 5.32 Å². The zero-order chi connectivity index (χ0) is 10.2. The van der Waals surface area contributed by atoms with Crippen molar-refractivity contribution in [1.29, 1.82) is 0 Å². The fourth-order valence-electron chi connectivity index (χ4n) is 2.08. The van der Waals surface area contributed by atoms with Crippen LogP contribution < -0.4 is 5.32 Å². The Labute approximate surface area is 87.5 Å². The van der Waals surface area contributed by atoms with Gasteiger partial charge in [0.25, 0.3) is 0 Å². The van der Waals surface area contributed by atoms with Crippen molar-refractivity contribution in [3.8, 4) is 0 Å². The van der Waals surface area contributed by atoms with Gasteiger partial charge in [-0.2, -0.15) is 0 Å². The maximum Gasteiger partial charge on any atom is 0.133 e. The Hall–Kier alpha value is -0.370. The van der Waals surface area contributed by atoms with E-state index in [0.717, 1.165) is 32.4 Å². The molecule has 2 heteroatoms. The quantitative estimate of drug-likeness (QED) is 0.663. The van der Waals surface area contributed by atoms with Crippen LogP contribution in [0.5, 0.6) is 0 Å². The highest BCUT2D eigenvalue weighted by atomic mass is 16.1. The molecule has 2 nitrogen and oxygen atoms in total. The third kappa shape index (κ3) is 4.75. The lowest BCUT2D eigenvalue weighted by molar-refractivity contribution is -0.120. The molecule has 1 heterocycles. The van der Waals surface area contributed by atoms with Crippen LogP contribution in [-0.2, 0) is 4.79 Å². The highest BCUT2D eigenvalue weighted by Crippen LogP contribution is 2.17. The van der Waals surface area contributed by atoms with E-state index in [9.17, 15) is 4.79 Å². The number of carbonyl (C=O) groups is 1. The lowest BCUT2D eigenvalue weighted by Crippen LogP contribution is -2.28.